The van der Waals surface area contributed by atoms with Crippen LogP contribution in [0.1, 0.15) is 11.3 Å². The van der Waals surface area contributed by atoms with Crippen LogP contribution in [0.3, 0.4) is 0 Å². The van der Waals surface area contributed by atoms with Gasteiger partial charge in [0.25, 0.3) is 5.22 Å². The first kappa shape index (κ1) is 12.5. The highest BCUT2D eigenvalue weighted by Gasteiger charge is 2.10. The van der Waals surface area contributed by atoms with Crippen molar-refractivity contribution in [2.24, 2.45) is 0 Å². The molecule has 0 amide bonds. The fourth-order valence-corrected chi connectivity index (χ4v) is 2.68. The minimum Gasteiger partial charge on any atom is -0.439 e. The molecule has 1 aromatic carbocycles. The summed E-state index contributed by atoms with van der Waals surface area (Å²) in [4.78, 5) is 5.33. The second kappa shape index (κ2) is 5.58. The Kier molecular flexibility index (Phi) is 4.10. The van der Waals surface area contributed by atoms with Crippen molar-refractivity contribution < 1.29 is 4.42 Å². The molecule has 0 aliphatic rings. The molecule has 0 bridgehead atoms. The maximum absolute atomic E-state index is 6.18. The highest BCUT2D eigenvalue weighted by atomic mass is 35.5. The summed E-state index contributed by atoms with van der Waals surface area (Å²) >= 11 is 7.66. The van der Waals surface area contributed by atoms with E-state index in [9.17, 15) is 0 Å². The third kappa shape index (κ3) is 3.03. The molecule has 0 aliphatic heterocycles. The molecule has 0 fully saturated rings. The van der Waals surface area contributed by atoms with Crippen LogP contribution in [0.15, 0.2) is 39.0 Å². The average molecular weight is 269 g/mol. The summed E-state index contributed by atoms with van der Waals surface area (Å²) in [6, 6.07) is 5.83. The second-order valence-electron chi connectivity index (χ2n) is 3.60. The van der Waals surface area contributed by atoms with Crippen LogP contribution in [0.2, 0.25) is 5.02 Å². The van der Waals surface area contributed by atoms with Gasteiger partial charge in [0.2, 0.25) is 0 Å². The Balaban J connectivity index is 2.28. The molecule has 0 aliphatic carbocycles. The number of oxazole rings is 1. The first-order valence-electron chi connectivity index (χ1n) is 5.22. The number of hydrogen-bond donors (Lipinski definition) is 1. The zero-order valence-corrected chi connectivity index (χ0v) is 11.2. The second-order valence-corrected chi connectivity index (χ2v) is 5.00. The van der Waals surface area contributed by atoms with E-state index in [0.717, 1.165) is 27.7 Å². The molecule has 17 heavy (non-hydrogen) atoms. The Bertz CT molecular complexity index is 513. The molecule has 0 atom stereocenters. The van der Waals surface area contributed by atoms with Crippen LogP contribution in [-0.4, -0.2) is 12.0 Å². The van der Waals surface area contributed by atoms with Crippen LogP contribution in [0.4, 0.5) is 0 Å². The van der Waals surface area contributed by atoms with E-state index < -0.39 is 0 Å². The molecular formula is C12H13ClN2OS. The van der Waals surface area contributed by atoms with Gasteiger partial charge in [-0.25, -0.2) is 4.98 Å². The number of nitrogens with one attached hydrogen (secondary N) is 1. The smallest absolute Gasteiger partial charge is 0.260 e. The molecule has 0 radical (unpaired) electrons. The standard InChI is InChI=1S/C12H13ClN2OS/c1-8-7-16-12(15-8)17-11-5-3-4-10(13)9(11)6-14-2/h3-5,7,14H,6H2,1-2H3. The molecule has 0 saturated carbocycles. The summed E-state index contributed by atoms with van der Waals surface area (Å²) in [7, 11) is 1.90. The Morgan fingerprint density at radius 1 is 1.47 bits per heavy atom. The minimum absolute atomic E-state index is 0.641. The Morgan fingerprint density at radius 2 is 2.29 bits per heavy atom. The van der Waals surface area contributed by atoms with E-state index in [-0.39, 0.29) is 0 Å². The third-order valence-electron chi connectivity index (χ3n) is 2.22. The van der Waals surface area contributed by atoms with Gasteiger partial charge in [-0.1, -0.05) is 17.7 Å². The predicted octanol–water partition coefficient (Wildman–Crippen LogP) is 3.51. The lowest BCUT2D eigenvalue weighted by Crippen LogP contribution is -2.06. The molecule has 0 unspecified atom stereocenters. The highest BCUT2D eigenvalue weighted by molar-refractivity contribution is 7.99. The molecule has 2 rings (SSSR count). The zero-order chi connectivity index (χ0) is 12.3. The van der Waals surface area contributed by atoms with Gasteiger partial charge in [0.05, 0.1) is 5.69 Å². The number of rotatable bonds is 4. The molecule has 1 N–H and O–H groups in total. The van der Waals surface area contributed by atoms with Gasteiger partial charge in [0.1, 0.15) is 6.26 Å². The first-order valence-corrected chi connectivity index (χ1v) is 6.42. The number of aryl methyl sites for hydroxylation is 1. The van der Waals surface area contributed by atoms with Crippen molar-refractivity contribution in [1.82, 2.24) is 10.3 Å². The lowest BCUT2D eigenvalue weighted by molar-refractivity contribution is 0.454. The van der Waals surface area contributed by atoms with Gasteiger partial charge >= 0.3 is 0 Å². The Morgan fingerprint density at radius 3 is 2.94 bits per heavy atom. The molecule has 90 valence electrons. The number of nitrogens with zero attached hydrogens (tertiary/aromatic N) is 1. The summed E-state index contributed by atoms with van der Waals surface area (Å²) in [5.41, 5.74) is 1.95. The van der Waals surface area contributed by atoms with Crippen LogP contribution in [0, 0.1) is 6.92 Å². The largest absolute Gasteiger partial charge is 0.439 e. The quantitative estimate of drug-likeness (QED) is 0.921. The monoisotopic (exact) mass is 268 g/mol. The zero-order valence-electron chi connectivity index (χ0n) is 9.66. The maximum atomic E-state index is 6.18. The van der Waals surface area contributed by atoms with Crippen LogP contribution in [0.5, 0.6) is 0 Å². The van der Waals surface area contributed by atoms with Gasteiger partial charge in [-0.15, -0.1) is 0 Å². The Hall–Kier alpha value is -0.970. The van der Waals surface area contributed by atoms with E-state index in [4.69, 9.17) is 16.0 Å². The van der Waals surface area contributed by atoms with Crippen LogP contribution in [-0.2, 0) is 6.54 Å². The van der Waals surface area contributed by atoms with E-state index in [0.29, 0.717) is 5.22 Å². The minimum atomic E-state index is 0.641. The van der Waals surface area contributed by atoms with Crippen LogP contribution < -0.4 is 5.32 Å². The predicted molar refractivity (Wildman–Crippen MR) is 69.6 cm³/mol. The van der Waals surface area contributed by atoms with Gasteiger partial charge in [0, 0.05) is 16.5 Å². The number of aromatic nitrogens is 1. The molecule has 0 spiro atoms. The van der Waals surface area contributed by atoms with Crippen LogP contribution >= 0.6 is 23.4 Å². The molecule has 1 heterocycles. The fourth-order valence-electron chi connectivity index (χ4n) is 1.46. The molecule has 1 aromatic heterocycles. The van der Waals surface area contributed by atoms with E-state index in [1.807, 2.05) is 32.2 Å². The molecule has 5 heteroatoms. The van der Waals surface area contributed by atoms with Gasteiger partial charge in [0.15, 0.2) is 0 Å². The van der Waals surface area contributed by atoms with Crippen molar-refractivity contribution >= 4 is 23.4 Å². The van der Waals surface area contributed by atoms with Crippen LogP contribution in [0.25, 0.3) is 0 Å². The number of benzene rings is 1. The van der Waals surface area contributed by atoms with E-state index in [2.05, 4.69) is 10.3 Å². The van der Waals surface area contributed by atoms with E-state index >= 15 is 0 Å². The average Bonchev–Trinajstić information content (AvgIpc) is 2.69. The highest BCUT2D eigenvalue weighted by Crippen LogP contribution is 2.33. The SMILES string of the molecule is CNCc1c(Cl)cccc1Sc1nc(C)co1. The summed E-state index contributed by atoms with van der Waals surface area (Å²) in [6.45, 7) is 2.63. The lowest BCUT2D eigenvalue weighted by atomic mass is 10.2. The third-order valence-corrected chi connectivity index (χ3v) is 3.54. The first-order chi connectivity index (χ1) is 8.20. The molecule has 3 nitrogen and oxygen atoms in total. The van der Waals surface area contributed by atoms with Gasteiger partial charge in [-0.3, -0.25) is 0 Å². The van der Waals surface area contributed by atoms with E-state index in [1.54, 1.807) is 6.26 Å². The van der Waals surface area contributed by atoms with Gasteiger partial charge < -0.3 is 9.73 Å². The topological polar surface area (TPSA) is 38.1 Å². The summed E-state index contributed by atoms with van der Waals surface area (Å²) < 4.78 is 5.33. The number of hydrogen-bond acceptors (Lipinski definition) is 4. The van der Waals surface area contributed by atoms with Crippen molar-refractivity contribution in [3.63, 3.8) is 0 Å². The van der Waals surface area contributed by atoms with Crippen molar-refractivity contribution in [3.8, 4) is 0 Å². The van der Waals surface area contributed by atoms with Crippen molar-refractivity contribution in [2.45, 2.75) is 23.6 Å². The molecular weight excluding hydrogens is 256 g/mol. The molecule has 0 saturated heterocycles. The lowest BCUT2D eigenvalue weighted by Gasteiger charge is -2.08. The normalized spacial score (nSPS) is 10.8. The Labute approximate surface area is 110 Å². The maximum Gasteiger partial charge on any atom is 0.260 e. The van der Waals surface area contributed by atoms with Crippen molar-refractivity contribution in [3.05, 3.63) is 40.7 Å². The molecule has 2 aromatic rings. The number of halogens is 1. The van der Waals surface area contributed by atoms with Gasteiger partial charge in [-0.05, 0) is 43.4 Å². The van der Waals surface area contributed by atoms with Crippen molar-refractivity contribution in [1.29, 1.82) is 0 Å². The fraction of sp³-hybridized carbons (Fsp3) is 0.250. The summed E-state index contributed by atoms with van der Waals surface area (Å²) in [6.07, 6.45) is 1.64. The van der Waals surface area contributed by atoms with Gasteiger partial charge in [-0.2, -0.15) is 0 Å². The summed E-state index contributed by atoms with van der Waals surface area (Å²) in [5, 5.41) is 4.51. The van der Waals surface area contributed by atoms with Crippen molar-refractivity contribution in [2.75, 3.05) is 7.05 Å². The van der Waals surface area contributed by atoms with E-state index in [1.165, 1.54) is 11.8 Å². The summed E-state index contributed by atoms with van der Waals surface area (Å²) in [5.74, 6) is 0.